The predicted molar refractivity (Wildman–Crippen MR) is 126 cm³/mol. The maximum absolute atomic E-state index is 13.2. The number of benzene rings is 3. The van der Waals surface area contributed by atoms with Crippen LogP contribution in [0.4, 0.5) is 21.5 Å². The van der Waals surface area contributed by atoms with Crippen LogP contribution in [-0.4, -0.2) is 45.7 Å². The topological polar surface area (TPSA) is 90.0 Å². The fourth-order valence-corrected chi connectivity index (χ4v) is 4.89. The molecular formula is C24H24FN3O4S. The molecule has 1 heterocycles. The van der Waals surface area contributed by atoms with Crippen LogP contribution in [-0.2, 0) is 10.0 Å². The van der Waals surface area contributed by atoms with Crippen molar-refractivity contribution in [2.45, 2.75) is 11.8 Å². The van der Waals surface area contributed by atoms with Gasteiger partial charge in [-0.1, -0.05) is 17.7 Å². The Hall–Kier alpha value is -3.59. The molecule has 1 fully saturated rings. The number of carboxylic acids is 1. The molecule has 3 aromatic carbocycles. The molecule has 172 valence electrons. The summed E-state index contributed by atoms with van der Waals surface area (Å²) < 4.78 is 41.0. The highest BCUT2D eigenvalue weighted by molar-refractivity contribution is 7.92. The number of aryl methyl sites for hydroxylation is 1. The summed E-state index contributed by atoms with van der Waals surface area (Å²) in [6.07, 6.45) is 0. The van der Waals surface area contributed by atoms with Crippen molar-refractivity contribution in [2.75, 3.05) is 40.7 Å². The van der Waals surface area contributed by atoms with Gasteiger partial charge in [0.25, 0.3) is 10.0 Å². The van der Waals surface area contributed by atoms with Crippen LogP contribution in [0.3, 0.4) is 0 Å². The lowest BCUT2D eigenvalue weighted by Gasteiger charge is -2.38. The Morgan fingerprint density at radius 2 is 1.52 bits per heavy atom. The van der Waals surface area contributed by atoms with Crippen LogP contribution in [0, 0.1) is 12.7 Å². The first-order chi connectivity index (χ1) is 15.7. The molecular weight excluding hydrogens is 445 g/mol. The van der Waals surface area contributed by atoms with Crippen molar-refractivity contribution in [1.29, 1.82) is 0 Å². The second-order valence-corrected chi connectivity index (χ2v) is 9.59. The molecule has 0 unspecified atom stereocenters. The zero-order chi connectivity index (χ0) is 23.6. The molecule has 1 saturated heterocycles. The molecule has 0 radical (unpaired) electrons. The summed E-state index contributed by atoms with van der Waals surface area (Å²) in [5.41, 5.74) is 2.58. The van der Waals surface area contributed by atoms with Crippen LogP contribution in [0.5, 0.6) is 0 Å². The van der Waals surface area contributed by atoms with Crippen LogP contribution in [0.1, 0.15) is 15.9 Å². The van der Waals surface area contributed by atoms with E-state index in [0.717, 1.165) is 11.3 Å². The van der Waals surface area contributed by atoms with Gasteiger partial charge in [-0.25, -0.2) is 17.6 Å². The fraction of sp³-hybridized carbons (Fsp3) is 0.208. The number of sulfonamides is 1. The van der Waals surface area contributed by atoms with Gasteiger partial charge >= 0.3 is 5.97 Å². The molecule has 0 amide bonds. The minimum absolute atomic E-state index is 0.0225. The van der Waals surface area contributed by atoms with Gasteiger partial charge in [-0.05, 0) is 61.5 Å². The molecule has 4 rings (SSSR count). The van der Waals surface area contributed by atoms with Gasteiger partial charge < -0.3 is 14.9 Å². The third kappa shape index (κ3) is 5.09. The Morgan fingerprint density at radius 1 is 0.909 bits per heavy atom. The van der Waals surface area contributed by atoms with Gasteiger partial charge in [-0.15, -0.1) is 0 Å². The summed E-state index contributed by atoms with van der Waals surface area (Å²) >= 11 is 0. The highest BCUT2D eigenvalue weighted by Gasteiger charge is 2.23. The quantitative estimate of drug-likeness (QED) is 0.568. The van der Waals surface area contributed by atoms with Crippen LogP contribution >= 0.6 is 0 Å². The normalized spacial score (nSPS) is 14.2. The molecule has 0 aliphatic carbocycles. The summed E-state index contributed by atoms with van der Waals surface area (Å²) in [4.78, 5) is 16.1. The SMILES string of the molecule is Cc1ccc(S(=O)(=O)Nc2ccc(N3CCN(c4ccc(F)cc4)CC3)c(C(=O)O)c2)cc1. The van der Waals surface area contributed by atoms with Gasteiger partial charge in [0.2, 0.25) is 0 Å². The number of nitrogens with one attached hydrogen (secondary N) is 1. The Bertz CT molecular complexity index is 1250. The van der Waals surface area contributed by atoms with Gasteiger partial charge in [0.05, 0.1) is 16.1 Å². The first-order valence-corrected chi connectivity index (χ1v) is 11.9. The Kier molecular flexibility index (Phi) is 6.24. The average Bonchev–Trinajstić information content (AvgIpc) is 2.80. The van der Waals surface area contributed by atoms with Crippen molar-refractivity contribution >= 4 is 33.1 Å². The second-order valence-electron chi connectivity index (χ2n) is 7.91. The van der Waals surface area contributed by atoms with Crippen molar-refractivity contribution in [3.63, 3.8) is 0 Å². The monoisotopic (exact) mass is 469 g/mol. The summed E-state index contributed by atoms with van der Waals surface area (Å²) in [5, 5.41) is 9.77. The first kappa shape index (κ1) is 22.6. The predicted octanol–water partition coefficient (Wildman–Crippen LogP) is 3.96. The molecule has 7 nitrogen and oxygen atoms in total. The summed E-state index contributed by atoms with van der Waals surface area (Å²) in [7, 11) is -3.84. The van der Waals surface area contributed by atoms with Crippen LogP contribution in [0.15, 0.2) is 71.6 Å². The number of piperazine rings is 1. The van der Waals surface area contributed by atoms with Crippen LogP contribution < -0.4 is 14.5 Å². The Balaban J connectivity index is 1.51. The van der Waals surface area contributed by atoms with E-state index in [1.165, 1.54) is 30.3 Å². The van der Waals surface area contributed by atoms with E-state index in [-0.39, 0.29) is 22.0 Å². The number of rotatable bonds is 6. The van der Waals surface area contributed by atoms with Crippen molar-refractivity contribution < 1.29 is 22.7 Å². The minimum Gasteiger partial charge on any atom is -0.478 e. The van der Waals surface area contributed by atoms with Crippen molar-refractivity contribution in [1.82, 2.24) is 0 Å². The average molecular weight is 470 g/mol. The second kappa shape index (κ2) is 9.11. The lowest BCUT2D eigenvalue weighted by molar-refractivity contribution is 0.0697. The van der Waals surface area contributed by atoms with Crippen molar-refractivity contribution in [2.24, 2.45) is 0 Å². The van der Waals surface area contributed by atoms with E-state index in [0.29, 0.717) is 31.9 Å². The fourth-order valence-electron chi connectivity index (χ4n) is 3.84. The van der Waals surface area contributed by atoms with Crippen LogP contribution in [0.2, 0.25) is 0 Å². The maximum atomic E-state index is 13.2. The Labute approximate surface area is 192 Å². The molecule has 1 aliphatic heterocycles. The number of hydrogen-bond acceptors (Lipinski definition) is 5. The number of halogens is 1. The van der Waals surface area contributed by atoms with Crippen LogP contribution in [0.25, 0.3) is 0 Å². The van der Waals surface area contributed by atoms with E-state index >= 15 is 0 Å². The lowest BCUT2D eigenvalue weighted by atomic mass is 10.1. The number of aromatic carboxylic acids is 1. The highest BCUT2D eigenvalue weighted by Crippen LogP contribution is 2.28. The third-order valence-corrected chi connectivity index (χ3v) is 7.02. The molecule has 0 bridgehead atoms. The summed E-state index contributed by atoms with van der Waals surface area (Å²) in [6, 6.07) is 17.2. The van der Waals surface area contributed by atoms with Gasteiger partial charge in [-0.2, -0.15) is 0 Å². The molecule has 2 N–H and O–H groups in total. The van der Waals surface area contributed by atoms with Gasteiger partial charge in [0, 0.05) is 37.6 Å². The molecule has 3 aromatic rings. The highest BCUT2D eigenvalue weighted by atomic mass is 32.2. The lowest BCUT2D eigenvalue weighted by Crippen LogP contribution is -2.47. The molecule has 0 spiro atoms. The van der Waals surface area contributed by atoms with E-state index in [4.69, 9.17) is 0 Å². The first-order valence-electron chi connectivity index (χ1n) is 10.5. The third-order valence-electron chi connectivity index (χ3n) is 5.62. The van der Waals surface area contributed by atoms with Gasteiger partial charge in [0.15, 0.2) is 0 Å². The smallest absolute Gasteiger partial charge is 0.337 e. The van der Waals surface area contributed by atoms with Gasteiger partial charge in [-0.3, -0.25) is 4.72 Å². The largest absolute Gasteiger partial charge is 0.478 e. The van der Waals surface area contributed by atoms with E-state index in [1.807, 2.05) is 11.8 Å². The maximum Gasteiger partial charge on any atom is 0.337 e. The molecule has 0 atom stereocenters. The van der Waals surface area contributed by atoms with E-state index < -0.39 is 16.0 Å². The summed E-state index contributed by atoms with van der Waals surface area (Å²) in [6.45, 7) is 4.30. The molecule has 33 heavy (non-hydrogen) atoms. The minimum atomic E-state index is -3.84. The summed E-state index contributed by atoms with van der Waals surface area (Å²) in [5.74, 6) is -1.43. The number of hydrogen-bond donors (Lipinski definition) is 2. The number of carboxylic acid groups (broad SMARTS) is 1. The number of carbonyl (C=O) groups is 1. The van der Waals surface area contributed by atoms with Gasteiger partial charge in [0.1, 0.15) is 5.82 Å². The molecule has 0 saturated carbocycles. The molecule has 9 heteroatoms. The standard InChI is InChI=1S/C24H24FN3O4S/c1-17-2-9-21(10-3-17)33(31,32)26-19-6-11-23(22(16-19)24(29)30)28-14-12-27(13-15-28)20-7-4-18(25)5-8-20/h2-11,16,26H,12-15H2,1H3,(H,29,30). The van der Waals surface area contributed by atoms with E-state index in [2.05, 4.69) is 9.62 Å². The Morgan fingerprint density at radius 3 is 2.12 bits per heavy atom. The van der Waals surface area contributed by atoms with E-state index in [9.17, 15) is 22.7 Å². The van der Waals surface area contributed by atoms with Crippen molar-refractivity contribution in [3.8, 4) is 0 Å². The zero-order valence-electron chi connectivity index (χ0n) is 18.0. The molecule has 1 aliphatic rings. The van der Waals surface area contributed by atoms with Crippen molar-refractivity contribution in [3.05, 3.63) is 83.7 Å². The molecule has 0 aromatic heterocycles. The van der Waals surface area contributed by atoms with E-state index in [1.54, 1.807) is 36.4 Å². The number of anilines is 3. The number of nitrogens with zero attached hydrogens (tertiary/aromatic N) is 2. The zero-order valence-corrected chi connectivity index (χ0v) is 18.8.